The maximum absolute atomic E-state index is 13.6. The molecule has 1 aliphatic carbocycles. The monoisotopic (exact) mass is 504 g/mol. The molecule has 2 fully saturated rings. The fourth-order valence-electron chi connectivity index (χ4n) is 4.86. The van der Waals surface area contributed by atoms with Gasteiger partial charge in [-0.1, -0.05) is 23.7 Å². The van der Waals surface area contributed by atoms with E-state index >= 15 is 0 Å². The van der Waals surface area contributed by atoms with Crippen molar-refractivity contribution in [1.82, 2.24) is 15.6 Å². The van der Waals surface area contributed by atoms with E-state index in [1.165, 1.54) is 0 Å². The molecule has 4 atom stereocenters. The molecule has 1 saturated carbocycles. The summed E-state index contributed by atoms with van der Waals surface area (Å²) >= 11 is 6.16. The number of Topliss-reactive ketones (excluding diaryl/α,β-unsaturated/α-hetero) is 1. The molecule has 1 saturated heterocycles. The summed E-state index contributed by atoms with van der Waals surface area (Å²) in [5.41, 5.74) is 0.408. The van der Waals surface area contributed by atoms with Crippen LogP contribution in [0.5, 0.6) is 0 Å². The van der Waals surface area contributed by atoms with Crippen molar-refractivity contribution in [2.24, 2.45) is 17.8 Å². The minimum Gasteiger partial charge on any atom is -0.351 e. The summed E-state index contributed by atoms with van der Waals surface area (Å²) in [6.07, 6.45) is -0.165. The number of halogens is 3. The molecule has 35 heavy (non-hydrogen) atoms. The summed E-state index contributed by atoms with van der Waals surface area (Å²) in [7, 11) is 0. The Morgan fingerprint density at radius 3 is 2.57 bits per heavy atom. The molecule has 7 nitrogen and oxygen atoms in total. The first-order valence-corrected chi connectivity index (χ1v) is 12.0. The van der Waals surface area contributed by atoms with Crippen molar-refractivity contribution in [3.05, 3.63) is 35.0 Å². The molecular weight excluding hydrogens is 478 g/mol. The Labute approximate surface area is 206 Å². The van der Waals surface area contributed by atoms with Crippen LogP contribution in [0.15, 0.2) is 24.3 Å². The van der Waals surface area contributed by atoms with E-state index in [0.717, 1.165) is 5.39 Å². The largest absolute Gasteiger partial charge is 0.351 e. The number of nitriles is 1. The van der Waals surface area contributed by atoms with Crippen LogP contribution in [0.4, 0.5) is 8.78 Å². The summed E-state index contributed by atoms with van der Waals surface area (Å²) in [6, 6.07) is 7.82. The zero-order chi connectivity index (χ0) is 25.5. The number of benzene rings is 1. The first-order valence-electron chi connectivity index (χ1n) is 11.6. The number of fused-ring (bicyclic) bond motifs is 1. The predicted molar refractivity (Wildman–Crippen MR) is 126 cm³/mol. The number of hydrogen-bond acceptors (Lipinski definition) is 4. The second-order valence-electron chi connectivity index (χ2n) is 10.3. The lowest BCUT2D eigenvalue weighted by Crippen LogP contribution is -2.41. The molecule has 0 radical (unpaired) electrons. The minimum atomic E-state index is -2.85. The van der Waals surface area contributed by atoms with E-state index in [1.54, 1.807) is 24.3 Å². The molecule has 4 rings (SSSR count). The first kappa shape index (κ1) is 25.1. The number of hydrogen-bond donors (Lipinski definition) is 3. The molecule has 2 aliphatic rings. The number of alkyl halides is 2. The number of amides is 2. The molecule has 2 amide bonds. The van der Waals surface area contributed by atoms with Crippen molar-refractivity contribution in [2.45, 2.75) is 63.5 Å². The fourth-order valence-corrected chi connectivity index (χ4v) is 5.09. The highest BCUT2D eigenvalue weighted by atomic mass is 35.5. The van der Waals surface area contributed by atoms with Gasteiger partial charge >= 0.3 is 0 Å². The number of ketones is 1. The average Bonchev–Trinajstić information content (AvgIpc) is 3.09. The zero-order valence-corrected chi connectivity index (χ0v) is 20.2. The normalized spacial score (nSPS) is 23.8. The van der Waals surface area contributed by atoms with Gasteiger partial charge in [0.2, 0.25) is 11.8 Å². The third kappa shape index (κ3) is 5.64. The van der Waals surface area contributed by atoms with Gasteiger partial charge in [0.25, 0.3) is 5.92 Å². The van der Waals surface area contributed by atoms with Crippen LogP contribution >= 0.6 is 11.6 Å². The molecule has 1 aliphatic heterocycles. The summed E-state index contributed by atoms with van der Waals surface area (Å²) < 4.78 is 27.3. The van der Waals surface area contributed by atoms with E-state index in [0.29, 0.717) is 17.0 Å². The Hall–Kier alpha value is -2.99. The molecule has 0 spiro atoms. The number of para-hydroxylation sites is 1. The second kappa shape index (κ2) is 9.23. The zero-order valence-electron chi connectivity index (χ0n) is 19.5. The number of aromatic amines is 1. The van der Waals surface area contributed by atoms with Crippen LogP contribution in [0.1, 0.15) is 56.4 Å². The number of nitrogens with one attached hydrogen (secondary N) is 3. The molecule has 2 aromatic rings. The van der Waals surface area contributed by atoms with Gasteiger partial charge in [0, 0.05) is 41.5 Å². The van der Waals surface area contributed by atoms with Gasteiger partial charge in [-0.15, -0.1) is 0 Å². The standard InChI is InChI=1S/C25H27ClF2N4O3/c1-24(2)10-15(23(35)32-24)7-17(12-29)30-22(34)14(6-16-11-25(16,27)28)9-20(33)19-8-13-4-3-5-18(26)21(13)31-19/h3-5,8,14-17,31H,6-7,9-11H2,1-2H3,(H,30,34)(H,32,35)/t14-,15-,16?,17+/m1/s1. The number of carbonyl (C=O) groups is 3. The molecule has 1 unspecified atom stereocenters. The quantitative estimate of drug-likeness (QED) is 0.440. The predicted octanol–water partition coefficient (Wildman–Crippen LogP) is 4.37. The highest BCUT2D eigenvalue weighted by Gasteiger charge is 2.57. The van der Waals surface area contributed by atoms with Crippen LogP contribution in [0.3, 0.4) is 0 Å². The van der Waals surface area contributed by atoms with Crippen molar-refractivity contribution in [3.63, 3.8) is 0 Å². The lowest BCUT2D eigenvalue weighted by atomic mass is 9.90. The summed E-state index contributed by atoms with van der Waals surface area (Å²) in [4.78, 5) is 41.2. The van der Waals surface area contributed by atoms with Crippen LogP contribution in [0, 0.1) is 29.1 Å². The molecule has 0 bridgehead atoms. The SMILES string of the molecule is CC1(C)C[C@@H](C[C@@H](C#N)NC(=O)[C@@H](CC(=O)c2cc3cccc(Cl)c3[nH]2)CC2CC2(F)F)C(=O)N1. The number of nitrogens with zero attached hydrogens (tertiary/aromatic N) is 1. The number of rotatable bonds is 9. The molecule has 2 heterocycles. The summed E-state index contributed by atoms with van der Waals surface area (Å²) in [5, 5.41) is 16.2. The Kier molecular flexibility index (Phi) is 6.62. The van der Waals surface area contributed by atoms with E-state index in [1.807, 2.05) is 19.9 Å². The summed E-state index contributed by atoms with van der Waals surface area (Å²) in [5.74, 6) is -6.55. The lowest BCUT2D eigenvalue weighted by molar-refractivity contribution is -0.127. The molecule has 3 N–H and O–H groups in total. The molecular formula is C25H27ClF2N4O3. The van der Waals surface area contributed by atoms with Gasteiger partial charge in [0.15, 0.2) is 5.78 Å². The van der Waals surface area contributed by atoms with Crippen LogP contribution in [-0.2, 0) is 9.59 Å². The van der Waals surface area contributed by atoms with E-state index in [2.05, 4.69) is 15.6 Å². The van der Waals surface area contributed by atoms with E-state index in [9.17, 15) is 28.4 Å². The molecule has 1 aromatic carbocycles. The van der Waals surface area contributed by atoms with Crippen molar-refractivity contribution in [2.75, 3.05) is 0 Å². The Balaban J connectivity index is 1.46. The van der Waals surface area contributed by atoms with Crippen molar-refractivity contribution in [3.8, 4) is 6.07 Å². The van der Waals surface area contributed by atoms with E-state index in [-0.39, 0.29) is 37.3 Å². The third-order valence-electron chi connectivity index (χ3n) is 6.81. The van der Waals surface area contributed by atoms with Crippen LogP contribution in [0.25, 0.3) is 10.9 Å². The second-order valence-corrected chi connectivity index (χ2v) is 10.7. The fraction of sp³-hybridized carbons (Fsp3) is 0.520. The van der Waals surface area contributed by atoms with Crippen LogP contribution in [-0.4, -0.2) is 40.1 Å². The Bertz CT molecular complexity index is 1220. The lowest BCUT2D eigenvalue weighted by Gasteiger charge is -2.20. The van der Waals surface area contributed by atoms with Crippen molar-refractivity contribution >= 4 is 40.1 Å². The number of aromatic nitrogens is 1. The van der Waals surface area contributed by atoms with Gasteiger partial charge in [0.05, 0.1) is 22.3 Å². The molecule has 186 valence electrons. The maximum atomic E-state index is 13.6. The van der Waals surface area contributed by atoms with Gasteiger partial charge in [-0.3, -0.25) is 14.4 Å². The van der Waals surface area contributed by atoms with E-state index < -0.39 is 46.9 Å². The topological polar surface area (TPSA) is 115 Å². The van der Waals surface area contributed by atoms with Crippen LogP contribution in [0.2, 0.25) is 5.02 Å². The minimum absolute atomic E-state index is 0.109. The smallest absolute Gasteiger partial charge is 0.251 e. The maximum Gasteiger partial charge on any atom is 0.251 e. The Morgan fingerprint density at radius 2 is 2.00 bits per heavy atom. The summed E-state index contributed by atoms with van der Waals surface area (Å²) in [6.45, 7) is 3.75. The first-order chi connectivity index (χ1) is 16.4. The number of H-pyrrole nitrogens is 1. The van der Waals surface area contributed by atoms with Gasteiger partial charge < -0.3 is 15.6 Å². The molecule has 10 heteroatoms. The molecule has 1 aromatic heterocycles. The average molecular weight is 505 g/mol. The highest BCUT2D eigenvalue weighted by Crippen LogP contribution is 2.52. The van der Waals surface area contributed by atoms with Gasteiger partial charge in [-0.05, 0) is 45.2 Å². The van der Waals surface area contributed by atoms with Gasteiger partial charge in [-0.2, -0.15) is 5.26 Å². The number of carbonyl (C=O) groups excluding carboxylic acids is 3. The van der Waals surface area contributed by atoms with Crippen LogP contribution < -0.4 is 10.6 Å². The van der Waals surface area contributed by atoms with Crippen molar-refractivity contribution < 1.29 is 23.2 Å². The van der Waals surface area contributed by atoms with Crippen molar-refractivity contribution in [1.29, 1.82) is 5.26 Å². The highest BCUT2D eigenvalue weighted by molar-refractivity contribution is 6.35. The van der Waals surface area contributed by atoms with Gasteiger partial charge in [-0.25, -0.2) is 8.78 Å². The third-order valence-corrected chi connectivity index (χ3v) is 7.13. The van der Waals surface area contributed by atoms with E-state index in [4.69, 9.17) is 11.6 Å². The Morgan fingerprint density at radius 1 is 1.29 bits per heavy atom. The van der Waals surface area contributed by atoms with Gasteiger partial charge in [0.1, 0.15) is 6.04 Å².